The summed E-state index contributed by atoms with van der Waals surface area (Å²) in [7, 11) is 0. The predicted octanol–water partition coefficient (Wildman–Crippen LogP) is 7.68. The number of nitrogens with one attached hydrogen (secondary N) is 5. The molecule has 9 nitrogen and oxygen atoms in total. The fourth-order valence-electron chi connectivity index (χ4n) is 3.08. The average Bonchev–Trinajstić information content (AvgIpc) is 2.94. The van der Waals surface area contributed by atoms with Gasteiger partial charge in [-0.1, -0.05) is 69.2 Å². The van der Waals surface area contributed by atoms with E-state index in [4.69, 9.17) is 0 Å². The Morgan fingerprint density at radius 1 is 0.622 bits per heavy atom. The zero-order valence-electron chi connectivity index (χ0n) is 31.1. The van der Waals surface area contributed by atoms with Crippen LogP contribution in [-0.2, 0) is 19.2 Å². The quantitative estimate of drug-likeness (QED) is 0.142. The second-order valence-electron chi connectivity index (χ2n) is 13.8. The number of hydrogen-bond acceptors (Lipinski definition) is 5. The van der Waals surface area contributed by atoms with Crippen LogP contribution in [0.3, 0.4) is 0 Å². The third-order valence-corrected chi connectivity index (χ3v) is 5.32. The van der Waals surface area contributed by atoms with Crippen molar-refractivity contribution in [1.82, 2.24) is 16.0 Å². The van der Waals surface area contributed by atoms with E-state index in [0.29, 0.717) is 44.2 Å². The van der Waals surface area contributed by atoms with E-state index < -0.39 is 0 Å². The Morgan fingerprint density at radius 3 is 1.44 bits per heavy atom. The lowest BCUT2D eigenvalue weighted by Crippen LogP contribution is -2.30. The lowest BCUT2D eigenvalue weighted by molar-refractivity contribution is -0.122. The van der Waals surface area contributed by atoms with Crippen LogP contribution in [-0.4, -0.2) is 48.8 Å². The van der Waals surface area contributed by atoms with Gasteiger partial charge in [-0.2, -0.15) is 0 Å². The molecule has 0 radical (unpaired) electrons. The van der Waals surface area contributed by atoms with E-state index in [1.54, 1.807) is 6.92 Å². The van der Waals surface area contributed by atoms with E-state index in [-0.39, 0.29) is 29.2 Å². The van der Waals surface area contributed by atoms with E-state index in [0.717, 1.165) is 43.1 Å². The Labute approximate surface area is 276 Å². The van der Waals surface area contributed by atoms with Crippen molar-refractivity contribution in [3.8, 4) is 0 Å². The van der Waals surface area contributed by atoms with Crippen LogP contribution in [0.2, 0.25) is 0 Å². The van der Waals surface area contributed by atoms with E-state index in [1.807, 2.05) is 45.0 Å². The molecule has 0 unspecified atom stereocenters. The van der Waals surface area contributed by atoms with Crippen molar-refractivity contribution in [2.24, 2.45) is 11.3 Å². The molecule has 45 heavy (non-hydrogen) atoms. The summed E-state index contributed by atoms with van der Waals surface area (Å²) in [6.07, 6.45) is 5.11. The van der Waals surface area contributed by atoms with Crippen molar-refractivity contribution in [3.05, 3.63) is 24.3 Å². The fourth-order valence-corrected chi connectivity index (χ4v) is 3.08. The zero-order chi connectivity index (χ0) is 35.5. The third kappa shape index (κ3) is 38.9. The van der Waals surface area contributed by atoms with Crippen molar-refractivity contribution in [1.29, 1.82) is 0 Å². The average molecular weight is 636 g/mol. The van der Waals surface area contributed by atoms with Gasteiger partial charge in [-0.05, 0) is 75.6 Å². The highest BCUT2D eigenvalue weighted by Gasteiger charge is 2.10. The number of carbonyl (C=O) groups is 4. The highest BCUT2D eigenvalue weighted by molar-refractivity contribution is 5.90. The van der Waals surface area contributed by atoms with Gasteiger partial charge < -0.3 is 26.6 Å². The Hall–Kier alpha value is -3.10. The minimum Gasteiger partial charge on any atom is -0.380 e. The van der Waals surface area contributed by atoms with Gasteiger partial charge in [-0.15, -0.1) is 0 Å². The van der Waals surface area contributed by atoms with Crippen LogP contribution in [0.25, 0.3) is 0 Å². The molecule has 0 aromatic heterocycles. The van der Waals surface area contributed by atoms with E-state index >= 15 is 0 Å². The molecule has 0 saturated heterocycles. The molecule has 4 amide bonds. The first-order valence-corrected chi connectivity index (χ1v) is 16.8. The van der Waals surface area contributed by atoms with Crippen LogP contribution in [0.15, 0.2) is 24.3 Å². The molecule has 0 aliphatic rings. The van der Waals surface area contributed by atoms with Crippen LogP contribution < -0.4 is 26.6 Å². The first-order chi connectivity index (χ1) is 20.8. The van der Waals surface area contributed by atoms with Gasteiger partial charge >= 0.3 is 0 Å². The molecule has 0 atom stereocenters. The summed E-state index contributed by atoms with van der Waals surface area (Å²) in [6.45, 7) is 28.9. The molecule has 0 aliphatic carbocycles. The highest BCUT2D eigenvalue weighted by Crippen LogP contribution is 2.20. The van der Waals surface area contributed by atoms with Crippen molar-refractivity contribution in [3.63, 3.8) is 0 Å². The molecule has 5 N–H and O–H groups in total. The molecule has 0 heterocycles. The molecule has 9 heteroatoms. The predicted molar refractivity (Wildman–Crippen MR) is 192 cm³/mol. The lowest BCUT2D eigenvalue weighted by Gasteiger charge is -2.22. The second kappa shape index (κ2) is 27.2. The molecule has 0 bridgehead atoms. The minimum atomic E-state index is -0.0108. The van der Waals surface area contributed by atoms with Gasteiger partial charge in [0.25, 0.3) is 0 Å². The number of carbonyl (C=O) groups excluding carboxylic acids is 4. The first-order valence-electron chi connectivity index (χ1n) is 16.8. The van der Waals surface area contributed by atoms with Gasteiger partial charge in [-0.3, -0.25) is 19.2 Å². The number of amides is 4. The monoisotopic (exact) mass is 636 g/mol. The molecule has 0 spiro atoms. The molecule has 262 valence electrons. The van der Waals surface area contributed by atoms with Gasteiger partial charge in [0.15, 0.2) is 0 Å². The minimum absolute atomic E-state index is 0.00162. The summed E-state index contributed by atoms with van der Waals surface area (Å²) in [5.74, 6) is 1.02. The summed E-state index contributed by atoms with van der Waals surface area (Å²) < 4.78 is 0. The van der Waals surface area contributed by atoms with Crippen LogP contribution in [0.1, 0.15) is 135 Å². The molecule has 1 rings (SSSR count). The largest absolute Gasteiger partial charge is 0.380 e. The number of hydrogen-bond donors (Lipinski definition) is 5. The molecule has 0 saturated carbocycles. The molecule has 1 aromatic carbocycles. The highest BCUT2D eigenvalue weighted by atomic mass is 16.2. The van der Waals surface area contributed by atoms with Crippen LogP contribution in [0.5, 0.6) is 0 Å². The summed E-state index contributed by atoms with van der Waals surface area (Å²) in [5.41, 5.74) is 2.33. The van der Waals surface area contributed by atoms with Crippen LogP contribution in [0.4, 0.5) is 11.4 Å². The fraction of sp³-hybridized carbons (Fsp3) is 0.722. The zero-order valence-corrected chi connectivity index (χ0v) is 31.1. The Balaban J connectivity index is -0.000000560. The number of anilines is 2. The topological polar surface area (TPSA) is 128 Å². The maximum absolute atomic E-state index is 11.2. The normalized spacial score (nSPS) is 10.4. The standard InChI is InChI=1S/C13H20N2O.C10H21NO.C9H18N2O2.C4H10/c1-5-12(16)14-10-6-8-11(9-7-10)15-13(2,3)4;1-5-9(12)11-8-6-7-10(2,3)4;1-3-6-10-9(13)5-7-11-8(12)4-2;1-4(2)3/h6-9,15H,5H2,1-4H3,(H,14,16);5-8H2,1-4H3,(H,11,12);3-7H2,1-2H3,(H,10,13)(H,11,12);4H,1-3H3. The maximum atomic E-state index is 11.2. The molecule has 0 fully saturated rings. The molecular formula is C36H69N5O4. The Bertz CT molecular complexity index is 914. The van der Waals surface area contributed by atoms with Gasteiger partial charge in [0.05, 0.1) is 0 Å². The van der Waals surface area contributed by atoms with Crippen molar-refractivity contribution in [2.45, 2.75) is 140 Å². The number of rotatable bonds is 13. The van der Waals surface area contributed by atoms with Crippen LogP contribution in [0, 0.1) is 11.3 Å². The maximum Gasteiger partial charge on any atom is 0.224 e. The van der Waals surface area contributed by atoms with Crippen molar-refractivity contribution < 1.29 is 19.2 Å². The summed E-state index contributed by atoms with van der Waals surface area (Å²) in [4.78, 5) is 43.8. The van der Waals surface area contributed by atoms with Crippen molar-refractivity contribution in [2.75, 3.05) is 30.3 Å². The summed E-state index contributed by atoms with van der Waals surface area (Å²) in [6, 6.07) is 7.75. The molecule has 1 aromatic rings. The summed E-state index contributed by atoms with van der Waals surface area (Å²) >= 11 is 0. The van der Waals surface area contributed by atoms with Gasteiger partial charge in [0.2, 0.25) is 23.6 Å². The van der Waals surface area contributed by atoms with Crippen molar-refractivity contribution >= 4 is 35.0 Å². The summed E-state index contributed by atoms with van der Waals surface area (Å²) in [5, 5.41) is 14.4. The molecule has 0 aliphatic heterocycles. The smallest absolute Gasteiger partial charge is 0.224 e. The van der Waals surface area contributed by atoms with E-state index in [1.165, 1.54) is 0 Å². The SMILES string of the molecule is CC(C)C.CCC(=O)NCCCC(C)(C)C.CCC(=O)Nc1ccc(NC(C)(C)C)cc1.CCCNC(=O)CCNC(=O)CC. The third-order valence-electron chi connectivity index (χ3n) is 5.32. The van der Waals surface area contributed by atoms with E-state index in [9.17, 15) is 19.2 Å². The van der Waals surface area contributed by atoms with Gasteiger partial charge in [-0.25, -0.2) is 0 Å². The second-order valence-corrected chi connectivity index (χ2v) is 13.8. The van der Waals surface area contributed by atoms with Crippen LogP contribution >= 0.6 is 0 Å². The van der Waals surface area contributed by atoms with Gasteiger partial charge in [0.1, 0.15) is 0 Å². The molecular weight excluding hydrogens is 566 g/mol. The first kappa shape index (κ1) is 46.3. The lowest BCUT2D eigenvalue weighted by atomic mass is 9.91. The van der Waals surface area contributed by atoms with E-state index in [2.05, 4.69) is 88.9 Å². The Kier molecular flexibility index (Phi) is 28.0. The van der Waals surface area contributed by atoms with Gasteiger partial charge in [0, 0.05) is 62.2 Å². The number of benzene rings is 1. The Morgan fingerprint density at radius 2 is 1.04 bits per heavy atom.